The second-order valence-corrected chi connectivity index (χ2v) is 8.05. The van der Waals surface area contributed by atoms with Gasteiger partial charge in [0.15, 0.2) is 0 Å². The molecule has 0 radical (unpaired) electrons. The van der Waals surface area contributed by atoms with Crippen LogP contribution >= 0.6 is 0 Å². The summed E-state index contributed by atoms with van der Waals surface area (Å²) in [6, 6.07) is 23.9. The fraction of sp³-hybridized carbons (Fsp3) is 0.286. The molecule has 1 heteroatoms. The summed E-state index contributed by atoms with van der Waals surface area (Å²) in [5.74, 6) is 0.953. The van der Waals surface area contributed by atoms with Gasteiger partial charge in [-0.25, -0.2) is 0 Å². The number of rotatable bonds is 9. The highest BCUT2D eigenvalue weighted by Gasteiger charge is 2.05. The van der Waals surface area contributed by atoms with Crippen molar-refractivity contribution in [3.63, 3.8) is 0 Å². The minimum atomic E-state index is 0.764. The van der Waals surface area contributed by atoms with Crippen LogP contribution in [0.15, 0.2) is 78.9 Å². The van der Waals surface area contributed by atoms with Crippen LogP contribution in [0.1, 0.15) is 42.0 Å². The Morgan fingerprint density at radius 2 is 1.48 bits per heavy atom. The zero-order valence-corrected chi connectivity index (χ0v) is 18.0. The Labute approximate surface area is 176 Å². The van der Waals surface area contributed by atoms with Gasteiger partial charge in [-0.2, -0.15) is 0 Å². The van der Waals surface area contributed by atoms with Crippen molar-refractivity contribution in [2.75, 3.05) is 6.61 Å². The molecule has 0 aliphatic rings. The van der Waals surface area contributed by atoms with Crippen LogP contribution in [0, 0.1) is 13.8 Å². The maximum Gasteiger partial charge on any atom is 0.119 e. The van der Waals surface area contributed by atoms with Gasteiger partial charge in [-0.1, -0.05) is 66.7 Å². The number of allylic oxidation sites excluding steroid dienone is 1. The Bertz CT molecular complexity index is 950. The topological polar surface area (TPSA) is 9.23 Å². The highest BCUT2D eigenvalue weighted by Crippen LogP contribution is 2.27. The Hall–Kier alpha value is -2.80. The Balaban J connectivity index is 1.45. The van der Waals surface area contributed by atoms with Gasteiger partial charge in [0.1, 0.15) is 5.75 Å². The van der Waals surface area contributed by atoms with E-state index in [2.05, 4.69) is 94.1 Å². The molecule has 150 valence electrons. The predicted octanol–water partition coefficient (Wildman–Crippen LogP) is 7.49. The average molecular weight is 385 g/mol. The highest BCUT2D eigenvalue weighted by atomic mass is 16.5. The molecule has 0 atom stereocenters. The van der Waals surface area contributed by atoms with Crippen molar-refractivity contribution >= 4 is 0 Å². The molecule has 0 amide bonds. The van der Waals surface area contributed by atoms with E-state index in [0.717, 1.165) is 38.0 Å². The van der Waals surface area contributed by atoms with Gasteiger partial charge < -0.3 is 4.74 Å². The fourth-order valence-corrected chi connectivity index (χ4v) is 3.73. The first kappa shape index (κ1) is 20.9. The summed E-state index contributed by atoms with van der Waals surface area (Å²) in [6.45, 7) is 11.2. The molecule has 1 nitrogen and oxygen atoms in total. The first-order chi connectivity index (χ1) is 14.0. The van der Waals surface area contributed by atoms with Gasteiger partial charge in [-0.15, -0.1) is 0 Å². The number of hydrogen-bond acceptors (Lipinski definition) is 1. The van der Waals surface area contributed by atoms with E-state index in [-0.39, 0.29) is 0 Å². The zero-order valence-electron chi connectivity index (χ0n) is 18.0. The van der Waals surface area contributed by atoms with Crippen LogP contribution in [0.25, 0.3) is 11.1 Å². The van der Waals surface area contributed by atoms with Gasteiger partial charge in [0, 0.05) is 0 Å². The zero-order chi connectivity index (χ0) is 20.6. The molecule has 0 N–H and O–H groups in total. The van der Waals surface area contributed by atoms with Crippen LogP contribution in [0.5, 0.6) is 5.75 Å². The van der Waals surface area contributed by atoms with E-state index in [9.17, 15) is 0 Å². The van der Waals surface area contributed by atoms with E-state index >= 15 is 0 Å². The first-order valence-electron chi connectivity index (χ1n) is 10.5. The van der Waals surface area contributed by atoms with E-state index in [0.29, 0.717) is 0 Å². The fourth-order valence-electron chi connectivity index (χ4n) is 3.73. The molecule has 0 aromatic heterocycles. The lowest BCUT2D eigenvalue weighted by molar-refractivity contribution is 0.307. The smallest absolute Gasteiger partial charge is 0.119 e. The van der Waals surface area contributed by atoms with Crippen LogP contribution < -0.4 is 4.74 Å². The van der Waals surface area contributed by atoms with Gasteiger partial charge in [0.25, 0.3) is 0 Å². The number of ether oxygens (including phenoxy) is 1. The molecule has 0 aliphatic heterocycles. The van der Waals surface area contributed by atoms with E-state index in [1.165, 1.54) is 39.0 Å². The van der Waals surface area contributed by atoms with Crippen molar-refractivity contribution in [2.24, 2.45) is 0 Å². The van der Waals surface area contributed by atoms with E-state index in [1.54, 1.807) is 0 Å². The molecule has 0 unspecified atom stereocenters. The average Bonchev–Trinajstić information content (AvgIpc) is 2.69. The van der Waals surface area contributed by atoms with Crippen molar-refractivity contribution in [1.29, 1.82) is 0 Å². The second kappa shape index (κ2) is 10.1. The summed E-state index contributed by atoms with van der Waals surface area (Å²) < 4.78 is 5.90. The van der Waals surface area contributed by atoms with Crippen molar-refractivity contribution < 1.29 is 4.74 Å². The van der Waals surface area contributed by atoms with E-state index in [4.69, 9.17) is 4.74 Å². The van der Waals surface area contributed by atoms with Crippen molar-refractivity contribution in [1.82, 2.24) is 0 Å². The number of aryl methyl sites for hydroxylation is 3. The Morgan fingerprint density at radius 3 is 2.17 bits per heavy atom. The SMILES string of the molecule is C=C(C)Cc1ccc(OCCCCc2ccc(-c3ccccc3C)c(C)c2)cc1. The highest BCUT2D eigenvalue weighted by molar-refractivity contribution is 5.70. The molecule has 0 bridgehead atoms. The van der Waals surface area contributed by atoms with Crippen LogP contribution in [0.2, 0.25) is 0 Å². The third-order valence-corrected chi connectivity index (χ3v) is 5.28. The molecular weight excluding hydrogens is 352 g/mol. The molecule has 0 aliphatic carbocycles. The molecule has 0 spiro atoms. The quantitative estimate of drug-likeness (QED) is 0.274. The molecule has 3 aromatic carbocycles. The third kappa shape index (κ3) is 6.09. The molecule has 0 saturated carbocycles. The lowest BCUT2D eigenvalue weighted by atomic mass is 9.94. The molecule has 3 rings (SSSR count). The molecule has 0 fully saturated rings. The summed E-state index contributed by atoms with van der Waals surface area (Å²) in [7, 11) is 0. The predicted molar refractivity (Wildman–Crippen MR) is 125 cm³/mol. The minimum Gasteiger partial charge on any atom is -0.494 e. The maximum absolute atomic E-state index is 5.90. The van der Waals surface area contributed by atoms with E-state index < -0.39 is 0 Å². The summed E-state index contributed by atoms with van der Waals surface area (Å²) >= 11 is 0. The van der Waals surface area contributed by atoms with Crippen LogP contribution in [-0.2, 0) is 12.8 Å². The molecule has 3 aromatic rings. The van der Waals surface area contributed by atoms with Gasteiger partial charge in [0.2, 0.25) is 0 Å². The third-order valence-electron chi connectivity index (χ3n) is 5.28. The maximum atomic E-state index is 5.90. The first-order valence-corrected chi connectivity index (χ1v) is 10.5. The number of hydrogen-bond donors (Lipinski definition) is 0. The summed E-state index contributed by atoms with van der Waals surface area (Å²) in [5, 5.41) is 0. The van der Waals surface area contributed by atoms with Gasteiger partial charge in [-0.3, -0.25) is 0 Å². The van der Waals surface area contributed by atoms with Crippen molar-refractivity contribution in [3.8, 4) is 16.9 Å². The molecular formula is C28H32O. The summed E-state index contributed by atoms with van der Waals surface area (Å²) in [4.78, 5) is 0. The lowest BCUT2D eigenvalue weighted by Crippen LogP contribution is -1.99. The van der Waals surface area contributed by atoms with Crippen molar-refractivity contribution in [3.05, 3.63) is 101 Å². The van der Waals surface area contributed by atoms with E-state index in [1.807, 2.05) is 0 Å². The van der Waals surface area contributed by atoms with Crippen LogP contribution in [0.4, 0.5) is 0 Å². The van der Waals surface area contributed by atoms with Crippen molar-refractivity contribution in [2.45, 2.75) is 46.5 Å². The monoisotopic (exact) mass is 384 g/mol. The number of unbranched alkanes of at least 4 members (excludes halogenated alkanes) is 1. The van der Waals surface area contributed by atoms with Crippen LogP contribution in [-0.4, -0.2) is 6.61 Å². The molecule has 29 heavy (non-hydrogen) atoms. The minimum absolute atomic E-state index is 0.764. The standard InChI is InChI=1S/C28H32O/c1-21(2)19-25-12-15-26(16-13-25)29-18-8-7-10-24-14-17-28(23(4)20-24)27-11-6-5-9-22(27)3/h5-6,9,11-17,20H,1,7-8,10,18-19H2,2-4H3. The molecule has 0 saturated heterocycles. The lowest BCUT2D eigenvalue weighted by Gasteiger charge is -2.11. The Kier molecular flexibility index (Phi) is 7.30. The number of benzene rings is 3. The normalized spacial score (nSPS) is 10.7. The van der Waals surface area contributed by atoms with Gasteiger partial charge in [0.05, 0.1) is 6.61 Å². The molecule has 0 heterocycles. The largest absolute Gasteiger partial charge is 0.494 e. The van der Waals surface area contributed by atoms with Gasteiger partial charge in [-0.05, 0) is 92.0 Å². The Morgan fingerprint density at radius 1 is 0.793 bits per heavy atom. The summed E-state index contributed by atoms with van der Waals surface area (Å²) in [6.07, 6.45) is 4.22. The van der Waals surface area contributed by atoms with Gasteiger partial charge >= 0.3 is 0 Å². The van der Waals surface area contributed by atoms with Crippen LogP contribution in [0.3, 0.4) is 0 Å². The summed E-state index contributed by atoms with van der Waals surface area (Å²) in [5.41, 5.74) is 9.22. The second-order valence-electron chi connectivity index (χ2n) is 8.05.